The Morgan fingerprint density at radius 3 is 2.27 bits per heavy atom. The summed E-state index contributed by atoms with van der Waals surface area (Å²) in [6.07, 6.45) is 1.86. The summed E-state index contributed by atoms with van der Waals surface area (Å²) in [4.78, 5) is 12.3. The van der Waals surface area contributed by atoms with Gasteiger partial charge in [0, 0.05) is 0 Å². The van der Waals surface area contributed by atoms with Crippen LogP contribution >= 0.6 is 0 Å². The van der Waals surface area contributed by atoms with Crippen LogP contribution in [0.1, 0.15) is 18.4 Å². The Morgan fingerprint density at radius 1 is 1.14 bits per heavy atom. The fourth-order valence-electron chi connectivity index (χ4n) is 2.25. The summed E-state index contributed by atoms with van der Waals surface area (Å²) in [7, 11) is 0. The molecule has 2 nitrogen and oxygen atoms in total. The number of hydrogen-bond acceptors (Lipinski definition) is 2. The van der Waals surface area contributed by atoms with E-state index in [1.165, 1.54) is 4.46 Å². The van der Waals surface area contributed by atoms with Gasteiger partial charge in [0.15, 0.2) is 0 Å². The first-order chi connectivity index (χ1) is 10.8. The summed E-state index contributed by atoms with van der Waals surface area (Å²) in [6.45, 7) is 6.19. The first kappa shape index (κ1) is 16.5. The fraction of sp³-hybridized carbons (Fsp3) is 0.211. The second kappa shape index (κ2) is 8.57. The van der Waals surface area contributed by atoms with Crippen molar-refractivity contribution in [2.75, 3.05) is 6.61 Å². The van der Waals surface area contributed by atoms with Crippen LogP contribution in [0.25, 0.3) is 0 Å². The molecule has 0 saturated heterocycles. The molecule has 2 aromatic carbocycles. The average Bonchev–Trinajstić information content (AvgIpc) is 2.57. The first-order valence-electron chi connectivity index (χ1n) is 7.32. The van der Waals surface area contributed by atoms with Gasteiger partial charge in [-0.1, -0.05) is 0 Å². The van der Waals surface area contributed by atoms with Crippen LogP contribution in [0.4, 0.5) is 0 Å². The Kier molecular flexibility index (Phi) is 6.44. The van der Waals surface area contributed by atoms with Gasteiger partial charge in [0.25, 0.3) is 0 Å². The SMILES string of the molecule is C=CC(c1ccccc1)C([Se]c1ccccc1)C(=O)OCC. The molecule has 0 spiro atoms. The van der Waals surface area contributed by atoms with Crippen LogP contribution in [0.5, 0.6) is 0 Å². The molecule has 0 aromatic heterocycles. The van der Waals surface area contributed by atoms with E-state index in [0.717, 1.165) is 5.56 Å². The van der Waals surface area contributed by atoms with Crippen LogP contribution < -0.4 is 4.46 Å². The molecule has 22 heavy (non-hydrogen) atoms. The van der Waals surface area contributed by atoms with Crippen LogP contribution in [0, 0.1) is 0 Å². The summed E-state index contributed by atoms with van der Waals surface area (Å²) in [5.41, 5.74) is 1.10. The summed E-state index contributed by atoms with van der Waals surface area (Å²) in [6, 6.07) is 20.2. The molecular formula is C19H20O2Se. The Hall–Kier alpha value is -1.83. The summed E-state index contributed by atoms with van der Waals surface area (Å²) < 4.78 is 6.50. The van der Waals surface area contributed by atoms with E-state index < -0.39 is 0 Å². The molecule has 2 unspecified atom stereocenters. The van der Waals surface area contributed by atoms with Gasteiger partial charge < -0.3 is 0 Å². The van der Waals surface area contributed by atoms with Gasteiger partial charge in [0.1, 0.15) is 0 Å². The van der Waals surface area contributed by atoms with Crippen molar-refractivity contribution in [1.82, 2.24) is 0 Å². The van der Waals surface area contributed by atoms with Crippen LogP contribution in [-0.4, -0.2) is 27.5 Å². The Balaban J connectivity index is 2.30. The van der Waals surface area contributed by atoms with Gasteiger partial charge in [-0.05, 0) is 0 Å². The molecule has 2 rings (SSSR count). The maximum atomic E-state index is 12.5. The predicted octanol–water partition coefficient (Wildman–Crippen LogP) is 3.34. The van der Waals surface area contributed by atoms with Crippen LogP contribution in [-0.2, 0) is 9.53 Å². The molecule has 0 aliphatic rings. The zero-order valence-electron chi connectivity index (χ0n) is 12.6. The molecule has 0 saturated carbocycles. The summed E-state index contributed by atoms with van der Waals surface area (Å²) >= 11 is -0.0117. The molecule has 0 amide bonds. The fourth-order valence-corrected chi connectivity index (χ4v) is 4.74. The third kappa shape index (κ3) is 4.33. The average molecular weight is 359 g/mol. The monoisotopic (exact) mass is 360 g/mol. The molecule has 114 valence electrons. The van der Waals surface area contributed by atoms with E-state index in [2.05, 4.69) is 18.7 Å². The third-order valence-corrected chi connectivity index (χ3v) is 5.98. The number of rotatable bonds is 7. The standard InChI is InChI=1S/C19H20O2Se/c1-3-17(15-11-7-5-8-12-15)18(19(20)21-4-2)22-16-13-9-6-10-14-16/h3,5-14,17-18H,1,4H2,2H3. The topological polar surface area (TPSA) is 26.3 Å². The van der Waals surface area contributed by atoms with Gasteiger partial charge in [-0.15, -0.1) is 0 Å². The number of benzene rings is 2. The van der Waals surface area contributed by atoms with Crippen LogP contribution in [0.3, 0.4) is 0 Å². The van der Waals surface area contributed by atoms with E-state index in [1.54, 1.807) is 0 Å². The molecule has 0 fully saturated rings. The maximum absolute atomic E-state index is 12.5. The van der Waals surface area contributed by atoms with E-state index in [-0.39, 0.29) is 31.7 Å². The van der Waals surface area contributed by atoms with Crippen LogP contribution in [0.15, 0.2) is 73.3 Å². The molecule has 0 bridgehead atoms. The summed E-state index contributed by atoms with van der Waals surface area (Å²) in [5.74, 6) is -0.166. The van der Waals surface area contributed by atoms with Crippen molar-refractivity contribution in [3.63, 3.8) is 0 Å². The van der Waals surface area contributed by atoms with Gasteiger partial charge in [-0.2, -0.15) is 0 Å². The van der Waals surface area contributed by atoms with Crippen molar-refractivity contribution < 1.29 is 9.53 Å². The third-order valence-electron chi connectivity index (χ3n) is 3.29. The van der Waals surface area contributed by atoms with Crippen molar-refractivity contribution >= 4 is 25.4 Å². The Bertz CT molecular complexity index is 595. The Labute approximate surface area is 138 Å². The zero-order chi connectivity index (χ0) is 15.8. The van der Waals surface area contributed by atoms with Crippen molar-refractivity contribution in [1.29, 1.82) is 0 Å². The molecule has 0 aliphatic heterocycles. The minimum absolute atomic E-state index is 0.0117. The van der Waals surface area contributed by atoms with Gasteiger partial charge in [0.05, 0.1) is 0 Å². The second-order valence-electron chi connectivity index (χ2n) is 4.78. The number of carbonyl (C=O) groups excluding carboxylic acids is 1. The number of ether oxygens (including phenoxy) is 1. The molecule has 0 radical (unpaired) electrons. The Morgan fingerprint density at radius 2 is 1.73 bits per heavy atom. The van der Waals surface area contributed by atoms with Gasteiger partial charge in [-0.25, -0.2) is 0 Å². The van der Waals surface area contributed by atoms with Crippen molar-refractivity contribution in [3.8, 4) is 0 Å². The normalized spacial score (nSPS) is 13.1. The molecule has 0 N–H and O–H groups in total. The molecular weight excluding hydrogens is 339 g/mol. The predicted molar refractivity (Wildman–Crippen MR) is 91.6 cm³/mol. The number of allylic oxidation sites excluding steroid dienone is 1. The van der Waals surface area contributed by atoms with E-state index in [0.29, 0.717) is 6.61 Å². The summed E-state index contributed by atoms with van der Waals surface area (Å²) in [5, 5.41) is 0. The number of esters is 1. The zero-order valence-corrected chi connectivity index (χ0v) is 14.4. The molecule has 2 atom stereocenters. The molecule has 3 heteroatoms. The molecule has 0 heterocycles. The quantitative estimate of drug-likeness (QED) is 0.431. The van der Waals surface area contributed by atoms with Gasteiger partial charge >= 0.3 is 138 Å². The van der Waals surface area contributed by atoms with Crippen molar-refractivity contribution in [2.24, 2.45) is 0 Å². The van der Waals surface area contributed by atoms with Crippen LogP contribution in [0.2, 0.25) is 4.82 Å². The number of carbonyl (C=O) groups is 1. The van der Waals surface area contributed by atoms with Gasteiger partial charge in [-0.3, -0.25) is 0 Å². The van der Waals surface area contributed by atoms with Crippen molar-refractivity contribution in [3.05, 3.63) is 78.9 Å². The first-order valence-corrected chi connectivity index (χ1v) is 9.16. The minimum atomic E-state index is -0.199. The second-order valence-corrected chi connectivity index (χ2v) is 7.32. The van der Waals surface area contributed by atoms with E-state index >= 15 is 0 Å². The van der Waals surface area contributed by atoms with E-state index in [4.69, 9.17) is 4.74 Å². The van der Waals surface area contributed by atoms with E-state index in [1.807, 2.05) is 61.5 Å². The molecule has 0 aliphatic carbocycles. The van der Waals surface area contributed by atoms with E-state index in [9.17, 15) is 4.79 Å². The number of hydrogen-bond donors (Lipinski definition) is 0. The van der Waals surface area contributed by atoms with Crippen molar-refractivity contribution in [2.45, 2.75) is 17.7 Å². The molecule has 2 aromatic rings. The van der Waals surface area contributed by atoms with Gasteiger partial charge in [0.2, 0.25) is 0 Å².